The third-order valence-corrected chi connectivity index (χ3v) is 3.25. The zero-order chi connectivity index (χ0) is 14.8. The lowest BCUT2D eigenvalue weighted by Crippen LogP contribution is -2.72. The first kappa shape index (κ1) is 14.7. The number of carbonyl (C=O) groups excluding carboxylic acids is 1. The second-order valence-electron chi connectivity index (χ2n) is 4.79. The van der Waals surface area contributed by atoms with E-state index in [1.165, 1.54) is 0 Å². The van der Waals surface area contributed by atoms with Crippen molar-refractivity contribution in [2.45, 2.75) is 18.1 Å². The predicted octanol–water partition coefficient (Wildman–Crippen LogP) is 0.998. The molecule has 5 nitrogen and oxygen atoms in total. The van der Waals surface area contributed by atoms with Crippen molar-refractivity contribution in [1.82, 2.24) is 4.90 Å². The predicted molar refractivity (Wildman–Crippen MR) is 65.2 cm³/mol. The van der Waals surface area contributed by atoms with Gasteiger partial charge >= 0.3 is 12.0 Å². The molecule has 0 aromatic heterocycles. The number of aliphatic hydroxyl groups excluding tert-OH is 1. The van der Waals surface area contributed by atoms with Crippen LogP contribution in [-0.2, 0) is 11.3 Å². The second-order valence-corrected chi connectivity index (χ2v) is 4.79. The number of aliphatic hydroxyl groups is 2. The van der Waals surface area contributed by atoms with Crippen molar-refractivity contribution >= 4 is 6.09 Å². The summed E-state index contributed by atoms with van der Waals surface area (Å²) in [6, 6.07) is 8.91. The van der Waals surface area contributed by atoms with Gasteiger partial charge in [0.2, 0.25) is 0 Å². The van der Waals surface area contributed by atoms with Crippen LogP contribution in [0, 0.1) is 0 Å². The van der Waals surface area contributed by atoms with Gasteiger partial charge in [-0.05, 0) is 5.56 Å². The van der Waals surface area contributed by atoms with Crippen LogP contribution in [0.2, 0.25) is 0 Å². The molecule has 1 aromatic carbocycles. The van der Waals surface area contributed by atoms with Crippen molar-refractivity contribution < 1.29 is 28.5 Å². The molecule has 1 saturated heterocycles. The van der Waals surface area contributed by atoms with Gasteiger partial charge in [-0.25, -0.2) is 13.6 Å². The highest BCUT2D eigenvalue weighted by Gasteiger charge is 2.61. The lowest BCUT2D eigenvalue weighted by Gasteiger charge is -2.48. The Morgan fingerprint density at radius 2 is 1.95 bits per heavy atom. The minimum atomic E-state index is -3.64. The Morgan fingerprint density at radius 1 is 1.35 bits per heavy atom. The molecular weight excluding hydrogens is 272 g/mol. The van der Waals surface area contributed by atoms with Crippen LogP contribution in [0.4, 0.5) is 13.6 Å². The number of rotatable bonds is 4. The molecule has 0 bridgehead atoms. The summed E-state index contributed by atoms with van der Waals surface area (Å²) in [4.78, 5) is 12.6. The molecule has 0 saturated carbocycles. The van der Waals surface area contributed by atoms with Crippen LogP contribution < -0.4 is 0 Å². The van der Waals surface area contributed by atoms with Gasteiger partial charge in [-0.3, -0.25) is 0 Å². The van der Waals surface area contributed by atoms with Crippen LogP contribution >= 0.6 is 0 Å². The molecule has 7 heteroatoms. The van der Waals surface area contributed by atoms with Gasteiger partial charge in [-0.15, -0.1) is 0 Å². The highest BCUT2D eigenvalue weighted by atomic mass is 19.3. The van der Waals surface area contributed by atoms with E-state index in [0.29, 0.717) is 0 Å². The number of ether oxygens (including phenoxy) is 1. The molecule has 1 aliphatic heterocycles. The van der Waals surface area contributed by atoms with Gasteiger partial charge in [0.05, 0.1) is 13.1 Å². The number of alkyl halides is 2. The van der Waals surface area contributed by atoms with Gasteiger partial charge in [0.15, 0.2) is 5.60 Å². The first-order valence-electron chi connectivity index (χ1n) is 6.05. The number of benzene rings is 1. The van der Waals surface area contributed by atoms with Crippen LogP contribution in [-0.4, -0.2) is 52.4 Å². The highest BCUT2D eigenvalue weighted by molar-refractivity contribution is 5.69. The third-order valence-electron chi connectivity index (χ3n) is 3.25. The van der Waals surface area contributed by atoms with Crippen molar-refractivity contribution in [3.05, 3.63) is 35.9 Å². The van der Waals surface area contributed by atoms with Gasteiger partial charge in [-0.1, -0.05) is 30.3 Å². The van der Waals surface area contributed by atoms with Gasteiger partial charge in [0, 0.05) is 0 Å². The van der Waals surface area contributed by atoms with E-state index in [4.69, 9.17) is 9.84 Å². The minimum absolute atomic E-state index is 0.0327. The van der Waals surface area contributed by atoms with Gasteiger partial charge in [-0.2, -0.15) is 0 Å². The summed E-state index contributed by atoms with van der Waals surface area (Å²) in [6.07, 6.45) is -0.771. The monoisotopic (exact) mass is 287 g/mol. The molecule has 1 aromatic rings. The number of hydrogen-bond donors (Lipinski definition) is 2. The van der Waals surface area contributed by atoms with E-state index in [0.717, 1.165) is 10.5 Å². The first-order valence-corrected chi connectivity index (χ1v) is 6.05. The first-order chi connectivity index (χ1) is 9.38. The van der Waals surface area contributed by atoms with E-state index in [2.05, 4.69) is 0 Å². The Balaban J connectivity index is 1.82. The third kappa shape index (κ3) is 2.73. The zero-order valence-corrected chi connectivity index (χ0v) is 10.6. The molecule has 1 heterocycles. The number of carbonyl (C=O) groups is 1. The number of β-amino-alcohol motifs (C(OH)–C–C–N with tert-alkyl or cyclic N) is 1. The van der Waals surface area contributed by atoms with Crippen molar-refractivity contribution in [1.29, 1.82) is 0 Å². The molecular formula is C13H15F2NO4. The van der Waals surface area contributed by atoms with E-state index in [1.807, 2.05) is 6.07 Å². The Labute approximate surface area is 114 Å². The summed E-state index contributed by atoms with van der Waals surface area (Å²) in [6.45, 7) is -2.55. The second kappa shape index (κ2) is 5.34. The Bertz CT molecular complexity index is 475. The molecule has 0 aliphatic carbocycles. The molecule has 20 heavy (non-hydrogen) atoms. The van der Waals surface area contributed by atoms with Gasteiger partial charge in [0.25, 0.3) is 0 Å². The SMILES string of the molecule is O=C(OCc1ccccc1)N1CC(O)(C(F)(F)CO)C1. The van der Waals surface area contributed by atoms with E-state index < -0.39 is 37.3 Å². The number of nitrogens with zero attached hydrogens (tertiary/aromatic N) is 1. The fourth-order valence-electron chi connectivity index (χ4n) is 1.90. The van der Waals surface area contributed by atoms with Crippen LogP contribution in [0.1, 0.15) is 5.56 Å². The number of likely N-dealkylation sites (tertiary alicyclic amines) is 1. The molecule has 1 fully saturated rings. The van der Waals surface area contributed by atoms with Crippen molar-refractivity contribution in [2.75, 3.05) is 19.7 Å². The van der Waals surface area contributed by atoms with Crippen molar-refractivity contribution in [3.8, 4) is 0 Å². The lowest BCUT2D eigenvalue weighted by molar-refractivity contribution is -0.246. The smallest absolute Gasteiger partial charge is 0.410 e. The van der Waals surface area contributed by atoms with Crippen molar-refractivity contribution in [3.63, 3.8) is 0 Å². The average Bonchev–Trinajstić information content (AvgIpc) is 2.42. The standard InChI is InChI=1S/C13H15F2NO4/c14-13(15,9-17)12(19)7-16(8-12)11(18)20-6-10-4-2-1-3-5-10/h1-5,17,19H,6-9H2. The average molecular weight is 287 g/mol. The molecule has 2 N–H and O–H groups in total. The van der Waals surface area contributed by atoms with Crippen LogP contribution in [0.25, 0.3) is 0 Å². The quantitative estimate of drug-likeness (QED) is 0.866. The van der Waals surface area contributed by atoms with Crippen LogP contribution in [0.5, 0.6) is 0 Å². The topological polar surface area (TPSA) is 70.0 Å². The maximum absolute atomic E-state index is 13.2. The lowest BCUT2D eigenvalue weighted by atomic mass is 9.88. The summed E-state index contributed by atoms with van der Waals surface area (Å²) in [5.74, 6) is -3.64. The van der Waals surface area contributed by atoms with E-state index in [1.54, 1.807) is 24.3 Å². The summed E-state index contributed by atoms with van der Waals surface area (Å²) in [5.41, 5.74) is -1.61. The maximum atomic E-state index is 13.2. The zero-order valence-electron chi connectivity index (χ0n) is 10.6. The molecule has 0 atom stereocenters. The van der Waals surface area contributed by atoms with Gasteiger partial charge in [0.1, 0.15) is 13.2 Å². The summed E-state index contributed by atoms with van der Waals surface area (Å²) >= 11 is 0. The normalized spacial score (nSPS) is 17.5. The molecule has 0 radical (unpaired) electrons. The van der Waals surface area contributed by atoms with Crippen LogP contribution in [0.15, 0.2) is 30.3 Å². The van der Waals surface area contributed by atoms with Crippen molar-refractivity contribution in [2.24, 2.45) is 0 Å². The number of hydrogen-bond acceptors (Lipinski definition) is 4. The largest absolute Gasteiger partial charge is 0.445 e. The molecule has 1 amide bonds. The Morgan fingerprint density at radius 3 is 2.50 bits per heavy atom. The summed E-state index contributed by atoms with van der Waals surface area (Å²) in [5, 5.41) is 18.1. The molecule has 110 valence electrons. The fourth-order valence-corrected chi connectivity index (χ4v) is 1.90. The molecule has 0 unspecified atom stereocenters. The van der Waals surface area contributed by atoms with E-state index in [-0.39, 0.29) is 6.61 Å². The van der Waals surface area contributed by atoms with E-state index >= 15 is 0 Å². The van der Waals surface area contributed by atoms with Crippen LogP contribution in [0.3, 0.4) is 0 Å². The summed E-state index contributed by atoms with van der Waals surface area (Å²) in [7, 11) is 0. The molecule has 1 aliphatic rings. The summed E-state index contributed by atoms with van der Waals surface area (Å²) < 4.78 is 31.3. The minimum Gasteiger partial charge on any atom is -0.445 e. The van der Waals surface area contributed by atoms with E-state index in [9.17, 15) is 18.7 Å². The van der Waals surface area contributed by atoms with Gasteiger partial charge < -0.3 is 19.8 Å². The molecule has 2 rings (SSSR count). The fraction of sp³-hybridized carbons (Fsp3) is 0.462. The molecule has 0 spiro atoms. The number of amides is 1. The maximum Gasteiger partial charge on any atom is 0.410 e. The highest BCUT2D eigenvalue weighted by Crippen LogP contribution is 2.36. The Hall–Kier alpha value is -1.73. The Kier molecular flexibility index (Phi) is 3.92. The number of halogens is 2.